The molecule has 0 amide bonds. The maximum atomic E-state index is 5.66. The van der Waals surface area contributed by atoms with Gasteiger partial charge in [0.1, 0.15) is 10.7 Å². The summed E-state index contributed by atoms with van der Waals surface area (Å²) in [6.07, 6.45) is 6.36. The number of nitrogens with zero attached hydrogens (tertiary/aromatic N) is 3. The highest BCUT2D eigenvalue weighted by molar-refractivity contribution is 7.80. The van der Waals surface area contributed by atoms with Gasteiger partial charge in [-0.2, -0.15) is 0 Å². The molecule has 0 aromatic carbocycles. The summed E-state index contributed by atoms with van der Waals surface area (Å²) >= 11 is 5.00. The summed E-state index contributed by atoms with van der Waals surface area (Å²) in [4.78, 5) is 11.6. The summed E-state index contributed by atoms with van der Waals surface area (Å²) < 4.78 is 0. The molecule has 0 spiro atoms. The zero-order chi connectivity index (χ0) is 13.0. The molecule has 1 saturated heterocycles. The van der Waals surface area contributed by atoms with E-state index in [1.165, 1.54) is 32.1 Å². The van der Waals surface area contributed by atoms with E-state index in [2.05, 4.69) is 14.9 Å². The maximum absolute atomic E-state index is 5.66. The van der Waals surface area contributed by atoms with Crippen LogP contribution < -0.4 is 10.6 Å². The molecule has 1 fully saturated rings. The lowest BCUT2D eigenvalue weighted by Crippen LogP contribution is -2.29. The molecule has 1 aliphatic rings. The van der Waals surface area contributed by atoms with E-state index in [1.54, 1.807) is 0 Å². The molecule has 0 bridgehead atoms. The van der Waals surface area contributed by atoms with E-state index < -0.39 is 0 Å². The van der Waals surface area contributed by atoms with Crippen LogP contribution in [0.3, 0.4) is 0 Å². The molecule has 1 aromatic rings. The second-order valence-electron chi connectivity index (χ2n) is 4.81. The van der Waals surface area contributed by atoms with Crippen molar-refractivity contribution in [2.75, 3.05) is 18.0 Å². The van der Waals surface area contributed by atoms with Crippen LogP contribution in [0.15, 0.2) is 6.07 Å². The molecule has 0 radical (unpaired) electrons. The van der Waals surface area contributed by atoms with Gasteiger partial charge in [-0.25, -0.2) is 9.97 Å². The summed E-state index contributed by atoms with van der Waals surface area (Å²) in [5.74, 6) is 0.778. The van der Waals surface area contributed by atoms with E-state index in [9.17, 15) is 0 Å². The Balaban J connectivity index is 2.22. The van der Waals surface area contributed by atoms with Crippen LogP contribution >= 0.6 is 12.2 Å². The van der Waals surface area contributed by atoms with Crippen LogP contribution in [0.4, 0.5) is 5.95 Å². The smallest absolute Gasteiger partial charge is 0.226 e. The largest absolute Gasteiger partial charge is 0.388 e. The van der Waals surface area contributed by atoms with E-state index >= 15 is 0 Å². The third kappa shape index (κ3) is 3.38. The van der Waals surface area contributed by atoms with Crippen molar-refractivity contribution in [1.29, 1.82) is 0 Å². The van der Waals surface area contributed by atoms with Crippen LogP contribution in [0, 0.1) is 6.92 Å². The number of rotatable bonds is 2. The van der Waals surface area contributed by atoms with E-state index in [4.69, 9.17) is 18.0 Å². The van der Waals surface area contributed by atoms with Crippen LogP contribution in [0.25, 0.3) is 0 Å². The number of aromatic nitrogens is 2. The van der Waals surface area contributed by atoms with Gasteiger partial charge in [-0.1, -0.05) is 31.5 Å². The van der Waals surface area contributed by atoms with Crippen molar-refractivity contribution in [2.24, 2.45) is 5.73 Å². The van der Waals surface area contributed by atoms with E-state index in [0.29, 0.717) is 10.7 Å². The molecule has 18 heavy (non-hydrogen) atoms. The highest BCUT2D eigenvalue weighted by atomic mass is 32.1. The second-order valence-corrected chi connectivity index (χ2v) is 5.25. The Morgan fingerprint density at radius 1 is 1.17 bits per heavy atom. The van der Waals surface area contributed by atoms with Crippen LogP contribution in [0.5, 0.6) is 0 Å². The molecule has 0 atom stereocenters. The van der Waals surface area contributed by atoms with Gasteiger partial charge < -0.3 is 10.6 Å². The quantitative estimate of drug-likeness (QED) is 0.830. The van der Waals surface area contributed by atoms with Crippen LogP contribution in [-0.4, -0.2) is 28.0 Å². The minimum atomic E-state index is 0.341. The molecule has 1 aliphatic heterocycles. The van der Waals surface area contributed by atoms with Crippen molar-refractivity contribution in [3.63, 3.8) is 0 Å². The number of nitrogens with two attached hydrogens (primary N) is 1. The lowest BCUT2D eigenvalue weighted by molar-refractivity contribution is 0.550. The van der Waals surface area contributed by atoms with Gasteiger partial charge in [-0.15, -0.1) is 0 Å². The Labute approximate surface area is 114 Å². The van der Waals surface area contributed by atoms with E-state index in [1.807, 2.05) is 13.0 Å². The second kappa shape index (κ2) is 6.09. The molecule has 0 saturated carbocycles. The number of hydrogen-bond donors (Lipinski definition) is 1. The first-order chi connectivity index (χ1) is 8.66. The number of thiocarbonyl (C=S) groups is 1. The third-order valence-corrected chi connectivity index (χ3v) is 3.44. The fourth-order valence-electron chi connectivity index (χ4n) is 2.27. The Hall–Kier alpha value is -1.23. The Morgan fingerprint density at radius 2 is 1.78 bits per heavy atom. The van der Waals surface area contributed by atoms with E-state index in [0.717, 1.165) is 24.7 Å². The van der Waals surface area contributed by atoms with Crippen LogP contribution in [0.1, 0.15) is 43.5 Å². The standard InChI is InChI=1S/C13H20N4S/c1-10-9-11(12(14)18)16-13(15-10)17-7-5-3-2-4-6-8-17/h9H,2-8H2,1H3,(H2,14,18). The zero-order valence-corrected chi connectivity index (χ0v) is 11.7. The topological polar surface area (TPSA) is 55.0 Å². The van der Waals surface area contributed by atoms with Gasteiger partial charge in [0.15, 0.2) is 0 Å². The fraction of sp³-hybridized carbons (Fsp3) is 0.615. The van der Waals surface area contributed by atoms with Crippen molar-refractivity contribution in [3.8, 4) is 0 Å². The molecule has 2 heterocycles. The summed E-state index contributed by atoms with van der Waals surface area (Å²) in [7, 11) is 0. The predicted octanol–water partition coefficient (Wildman–Crippen LogP) is 2.19. The Kier molecular flexibility index (Phi) is 4.47. The normalized spacial score (nSPS) is 17.1. The average molecular weight is 264 g/mol. The first-order valence-corrected chi connectivity index (χ1v) is 6.98. The van der Waals surface area contributed by atoms with Gasteiger partial charge in [-0.3, -0.25) is 0 Å². The van der Waals surface area contributed by atoms with E-state index in [-0.39, 0.29) is 0 Å². The van der Waals surface area contributed by atoms with Gasteiger partial charge in [0, 0.05) is 18.8 Å². The van der Waals surface area contributed by atoms with Crippen LogP contribution in [0.2, 0.25) is 0 Å². The van der Waals surface area contributed by atoms with Crippen molar-refractivity contribution in [3.05, 3.63) is 17.5 Å². The molecule has 5 heteroatoms. The highest BCUT2D eigenvalue weighted by Gasteiger charge is 2.13. The number of hydrogen-bond acceptors (Lipinski definition) is 4. The van der Waals surface area contributed by atoms with Crippen molar-refractivity contribution in [1.82, 2.24) is 9.97 Å². The SMILES string of the molecule is Cc1cc(C(N)=S)nc(N2CCCCCCC2)n1. The number of anilines is 1. The van der Waals surface area contributed by atoms with Gasteiger partial charge >= 0.3 is 0 Å². The summed E-state index contributed by atoms with van der Waals surface area (Å²) in [6.45, 7) is 4.01. The van der Waals surface area contributed by atoms with Gasteiger partial charge in [0.25, 0.3) is 0 Å². The van der Waals surface area contributed by atoms with Crippen molar-refractivity contribution < 1.29 is 0 Å². The van der Waals surface area contributed by atoms with Crippen molar-refractivity contribution in [2.45, 2.75) is 39.0 Å². The first kappa shape index (κ1) is 13.2. The molecule has 2 N–H and O–H groups in total. The Morgan fingerprint density at radius 3 is 2.39 bits per heavy atom. The predicted molar refractivity (Wildman–Crippen MR) is 78.0 cm³/mol. The maximum Gasteiger partial charge on any atom is 0.226 e. The summed E-state index contributed by atoms with van der Waals surface area (Å²) in [5.41, 5.74) is 7.26. The zero-order valence-electron chi connectivity index (χ0n) is 10.9. The molecular formula is C13H20N4S. The molecule has 2 rings (SSSR count). The monoisotopic (exact) mass is 264 g/mol. The van der Waals surface area contributed by atoms with Crippen LogP contribution in [-0.2, 0) is 0 Å². The molecular weight excluding hydrogens is 244 g/mol. The highest BCUT2D eigenvalue weighted by Crippen LogP contribution is 2.16. The molecule has 0 unspecified atom stereocenters. The Bertz CT molecular complexity index is 425. The molecule has 98 valence electrons. The molecule has 0 aliphatic carbocycles. The molecule has 4 nitrogen and oxygen atoms in total. The fourth-order valence-corrected chi connectivity index (χ4v) is 2.37. The average Bonchev–Trinajstić information content (AvgIpc) is 2.27. The molecule has 1 aromatic heterocycles. The van der Waals surface area contributed by atoms with Gasteiger partial charge in [0.05, 0.1) is 0 Å². The lowest BCUT2D eigenvalue weighted by Gasteiger charge is -2.25. The summed E-state index contributed by atoms with van der Waals surface area (Å²) in [6, 6.07) is 1.84. The van der Waals surface area contributed by atoms with Gasteiger partial charge in [0.2, 0.25) is 5.95 Å². The third-order valence-electron chi connectivity index (χ3n) is 3.23. The number of aryl methyl sites for hydroxylation is 1. The van der Waals surface area contributed by atoms with Gasteiger partial charge in [-0.05, 0) is 25.8 Å². The lowest BCUT2D eigenvalue weighted by atomic mass is 10.1. The summed E-state index contributed by atoms with van der Waals surface area (Å²) in [5, 5.41) is 0. The first-order valence-electron chi connectivity index (χ1n) is 6.57. The van der Waals surface area contributed by atoms with Crippen molar-refractivity contribution >= 4 is 23.2 Å². The minimum Gasteiger partial charge on any atom is -0.388 e. The minimum absolute atomic E-state index is 0.341.